The Kier molecular flexibility index (Phi) is 5.60. The van der Waals surface area contributed by atoms with Crippen LogP contribution in [0.4, 0.5) is 0 Å². The number of carbonyl (C=O) groups is 1. The van der Waals surface area contributed by atoms with E-state index in [0.717, 1.165) is 26.2 Å². The Bertz CT molecular complexity index is 649. The van der Waals surface area contributed by atoms with Gasteiger partial charge in [-0.3, -0.25) is 14.6 Å². The van der Waals surface area contributed by atoms with E-state index in [1.807, 2.05) is 31.4 Å². The van der Waals surface area contributed by atoms with E-state index in [4.69, 9.17) is 4.52 Å². The summed E-state index contributed by atoms with van der Waals surface area (Å²) in [6, 6.07) is 4.12. The van der Waals surface area contributed by atoms with Gasteiger partial charge in [-0.25, -0.2) is 0 Å². The van der Waals surface area contributed by atoms with Crippen molar-refractivity contribution < 1.29 is 9.32 Å². The summed E-state index contributed by atoms with van der Waals surface area (Å²) in [6.07, 6.45) is 0. The summed E-state index contributed by atoms with van der Waals surface area (Å²) in [7, 11) is 0. The molecule has 1 fully saturated rings. The molecular formula is C16H23N5O2S. The summed E-state index contributed by atoms with van der Waals surface area (Å²) in [5, 5.41) is 8.91. The number of rotatable bonds is 6. The molecule has 1 unspecified atom stereocenters. The molecule has 1 aliphatic heterocycles. The number of thiophene rings is 1. The molecule has 0 spiro atoms. The van der Waals surface area contributed by atoms with Crippen LogP contribution in [0, 0.1) is 6.92 Å². The third-order valence-electron chi connectivity index (χ3n) is 4.11. The zero-order valence-electron chi connectivity index (χ0n) is 14.1. The van der Waals surface area contributed by atoms with E-state index in [2.05, 4.69) is 25.3 Å². The first-order valence-electron chi connectivity index (χ1n) is 8.17. The molecule has 130 valence electrons. The molecule has 0 aromatic carbocycles. The molecule has 24 heavy (non-hydrogen) atoms. The number of hydrogen-bond donors (Lipinski definition) is 1. The molecule has 0 aliphatic carbocycles. The third kappa shape index (κ3) is 4.62. The lowest BCUT2D eigenvalue weighted by Crippen LogP contribution is -2.49. The minimum Gasteiger partial charge on any atom is -0.348 e. The molecule has 0 radical (unpaired) electrons. The van der Waals surface area contributed by atoms with E-state index >= 15 is 0 Å². The summed E-state index contributed by atoms with van der Waals surface area (Å²) >= 11 is 1.67. The normalized spacial score (nSPS) is 17.8. The summed E-state index contributed by atoms with van der Waals surface area (Å²) in [5.41, 5.74) is 0. The average Bonchev–Trinajstić information content (AvgIpc) is 3.21. The monoisotopic (exact) mass is 349 g/mol. The van der Waals surface area contributed by atoms with Gasteiger partial charge in [0.15, 0.2) is 5.82 Å². The second kappa shape index (κ2) is 7.87. The van der Waals surface area contributed by atoms with Gasteiger partial charge < -0.3 is 9.84 Å². The Hall–Kier alpha value is -1.77. The average molecular weight is 349 g/mol. The van der Waals surface area contributed by atoms with Crippen molar-refractivity contribution in [2.75, 3.05) is 32.7 Å². The highest BCUT2D eigenvalue weighted by molar-refractivity contribution is 7.10. The highest BCUT2D eigenvalue weighted by Crippen LogP contribution is 2.18. The van der Waals surface area contributed by atoms with Crippen molar-refractivity contribution in [2.24, 2.45) is 0 Å². The van der Waals surface area contributed by atoms with Crippen molar-refractivity contribution in [1.29, 1.82) is 0 Å². The van der Waals surface area contributed by atoms with E-state index in [1.165, 1.54) is 4.88 Å². The summed E-state index contributed by atoms with van der Waals surface area (Å²) in [4.78, 5) is 22.1. The van der Waals surface area contributed by atoms with Gasteiger partial charge in [0, 0.05) is 31.1 Å². The van der Waals surface area contributed by atoms with Gasteiger partial charge in [-0.2, -0.15) is 4.98 Å². The van der Waals surface area contributed by atoms with E-state index in [-0.39, 0.29) is 11.9 Å². The molecule has 2 aromatic rings. The molecule has 1 saturated heterocycles. The molecule has 1 amide bonds. The maximum absolute atomic E-state index is 12.2. The van der Waals surface area contributed by atoms with Gasteiger partial charge in [-0.1, -0.05) is 11.2 Å². The molecule has 1 atom stereocenters. The summed E-state index contributed by atoms with van der Waals surface area (Å²) in [5.74, 6) is 1.40. The quantitative estimate of drug-likeness (QED) is 0.850. The predicted octanol–water partition coefficient (Wildman–Crippen LogP) is 1.43. The topological polar surface area (TPSA) is 74.5 Å². The van der Waals surface area contributed by atoms with Crippen LogP contribution < -0.4 is 5.32 Å². The van der Waals surface area contributed by atoms with Gasteiger partial charge in [0.25, 0.3) is 0 Å². The third-order valence-corrected chi connectivity index (χ3v) is 5.16. The van der Waals surface area contributed by atoms with Crippen molar-refractivity contribution in [2.45, 2.75) is 26.4 Å². The maximum atomic E-state index is 12.2. The van der Waals surface area contributed by atoms with Crippen LogP contribution in [0.3, 0.4) is 0 Å². The van der Waals surface area contributed by atoms with E-state index in [9.17, 15) is 4.79 Å². The minimum atomic E-state index is 0.0690. The number of piperazine rings is 1. The van der Waals surface area contributed by atoms with E-state index in [0.29, 0.717) is 24.8 Å². The van der Waals surface area contributed by atoms with Crippen molar-refractivity contribution in [3.63, 3.8) is 0 Å². The van der Waals surface area contributed by atoms with Gasteiger partial charge in [0.2, 0.25) is 11.8 Å². The van der Waals surface area contributed by atoms with Crippen LogP contribution >= 0.6 is 11.3 Å². The number of aryl methyl sites for hydroxylation is 1. The van der Waals surface area contributed by atoms with Crippen molar-refractivity contribution >= 4 is 17.2 Å². The highest BCUT2D eigenvalue weighted by atomic mass is 32.1. The lowest BCUT2D eigenvalue weighted by Gasteiger charge is -2.33. The first kappa shape index (κ1) is 17.1. The molecule has 0 bridgehead atoms. The lowest BCUT2D eigenvalue weighted by atomic mass is 10.2. The van der Waals surface area contributed by atoms with Gasteiger partial charge >= 0.3 is 0 Å². The predicted molar refractivity (Wildman–Crippen MR) is 91.6 cm³/mol. The zero-order chi connectivity index (χ0) is 16.9. The SMILES string of the molecule is Cc1noc(CN2CCN(CC(=O)NC(C)c3cccs3)CC2)n1. The van der Waals surface area contributed by atoms with Crippen molar-refractivity contribution in [3.8, 4) is 0 Å². The van der Waals surface area contributed by atoms with Crippen molar-refractivity contribution in [3.05, 3.63) is 34.1 Å². The van der Waals surface area contributed by atoms with Crippen LogP contribution in [0.15, 0.2) is 22.0 Å². The largest absolute Gasteiger partial charge is 0.348 e. The van der Waals surface area contributed by atoms with Gasteiger partial charge in [-0.05, 0) is 25.3 Å². The Labute approximate surface area is 145 Å². The Morgan fingerprint density at radius 2 is 2.12 bits per heavy atom. The van der Waals surface area contributed by atoms with Gasteiger partial charge in [0.1, 0.15) is 0 Å². The maximum Gasteiger partial charge on any atom is 0.240 e. The van der Waals surface area contributed by atoms with E-state index in [1.54, 1.807) is 11.3 Å². The molecule has 3 rings (SSSR count). The number of carbonyl (C=O) groups excluding carboxylic acids is 1. The molecule has 1 aliphatic rings. The fourth-order valence-electron chi connectivity index (χ4n) is 2.80. The van der Waals surface area contributed by atoms with Crippen LogP contribution in [0.1, 0.15) is 29.6 Å². The highest BCUT2D eigenvalue weighted by Gasteiger charge is 2.21. The Morgan fingerprint density at radius 1 is 1.38 bits per heavy atom. The summed E-state index contributed by atoms with van der Waals surface area (Å²) in [6.45, 7) is 8.50. The molecular weight excluding hydrogens is 326 g/mol. The van der Waals surface area contributed by atoms with Crippen LogP contribution in [-0.2, 0) is 11.3 Å². The smallest absolute Gasteiger partial charge is 0.240 e. The van der Waals surface area contributed by atoms with Gasteiger partial charge in [-0.15, -0.1) is 11.3 Å². The number of hydrogen-bond acceptors (Lipinski definition) is 7. The fourth-order valence-corrected chi connectivity index (χ4v) is 3.53. The molecule has 8 heteroatoms. The molecule has 0 saturated carbocycles. The van der Waals surface area contributed by atoms with Crippen LogP contribution in [-0.4, -0.2) is 58.6 Å². The molecule has 2 aromatic heterocycles. The second-order valence-corrected chi connectivity index (χ2v) is 7.07. The van der Waals surface area contributed by atoms with E-state index < -0.39 is 0 Å². The Morgan fingerprint density at radius 3 is 2.75 bits per heavy atom. The standard InChI is InChI=1S/C16H23N5O2S/c1-12(14-4-3-9-24-14)17-15(22)10-20-5-7-21(8-6-20)11-16-18-13(2)19-23-16/h3-4,9,12H,5-8,10-11H2,1-2H3,(H,17,22). The fraction of sp³-hybridized carbons (Fsp3) is 0.562. The molecule has 7 nitrogen and oxygen atoms in total. The Balaban J connectivity index is 1.39. The lowest BCUT2D eigenvalue weighted by molar-refractivity contribution is -0.123. The number of nitrogens with one attached hydrogen (secondary N) is 1. The number of nitrogens with zero attached hydrogens (tertiary/aromatic N) is 4. The molecule has 3 heterocycles. The minimum absolute atomic E-state index is 0.0690. The first-order valence-corrected chi connectivity index (χ1v) is 9.05. The number of aromatic nitrogens is 2. The molecule has 1 N–H and O–H groups in total. The van der Waals surface area contributed by atoms with Crippen molar-refractivity contribution in [1.82, 2.24) is 25.3 Å². The van der Waals surface area contributed by atoms with Crippen LogP contribution in [0.25, 0.3) is 0 Å². The first-order chi connectivity index (χ1) is 11.6. The number of amides is 1. The van der Waals surface area contributed by atoms with Gasteiger partial charge in [0.05, 0.1) is 19.1 Å². The van der Waals surface area contributed by atoms with Crippen LogP contribution in [0.2, 0.25) is 0 Å². The summed E-state index contributed by atoms with van der Waals surface area (Å²) < 4.78 is 5.16. The second-order valence-electron chi connectivity index (χ2n) is 6.09. The zero-order valence-corrected chi connectivity index (χ0v) is 14.9. The van der Waals surface area contributed by atoms with Crippen LogP contribution in [0.5, 0.6) is 0 Å².